The topological polar surface area (TPSA) is 68.0 Å². The molecule has 5 heteroatoms. The third-order valence-electron chi connectivity index (χ3n) is 3.53. The molecular formula is C14H15N3OS. The molecule has 0 spiro atoms. The van der Waals surface area contributed by atoms with Crippen LogP contribution >= 0.6 is 11.3 Å². The number of fused-ring (bicyclic) bond motifs is 1. The molecule has 0 fully saturated rings. The summed E-state index contributed by atoms with van der Waals surface area (Å²) in [6.07, 6.45) is 0. The number of benzene rings is 1. The molecule has 1 aromatic carbocycles. The van der Waals surface area contributed by atoms with Gasteiger partial charge >= 0.3 is 0 Å². The van der Waals surface area contributed by atoms with Crippen LogP contribution in [0.3, 0.4) is 0 Å². The fourth-order valence-electron chi connectivity index (χ4n) is 2.27. The highest BCUT2D eigenvalue weighted by atomic mass is 32.1. The standard InChI is InChI=1S/C14H15N3OS/c1-14(2)9-5-8(3-4-10(9)17-13(14)18)11-7-19-12(6-15)16-11/h3-5,7H,6,15H2,1-2H3,(H,17,18). The van der Waals surface area contributed by atoms with E-state index in [9.17, 15) is 4.79 Å². The summed E-state index contributed by atoms with van der Waals surface area (Å²) in [5.41, 5.74) is 8.97. The van der Waals surface area contributed by atoms with Crippen LogP contribution in [0.5, 0.6) is 0 Å². The maximum Gasteiger partial charge on any atom is 0.234 e. The third-order valence-corrected chi connectivity index (χ3v) is 4.40. The third kappa shape index (κ3) is 1.86. The van der Waals surface area contributed by atoms with Gasteiger partial charge in [0, 0.05) is 23.2 Å². The summed E-state index contributed by atoms with van der Waals surface area (Å²) in [5.74, 6) is 0.0422. The molecule has 0 unspecified atom stereocenters. The van der Waals surface area contributed by atoms with Gasteiger partial charge in [0.25, 0.3) is 0 Å². The van der Waals surface area contributed by atoms with Crippen molar-refractivity contribution in [1.82, 2.24) is 4.98 Å². The minimum absolute atomic E-state index is 0.0422. The number of amides is 1. The molecule has 1 amide bonds. The van der Waals surface area contributed by atoms with Crippen LogP contribution in [0.2, 0.25) is 0 Å². The van der Waals surface area contributed by atoms with Crippen molar-refractivity contribution in [3.63, 3.8) is 0 Å². The van der Waals surface area contributed by atoms with E-state index in [0.717, 1.165) is 27.5 Å². The van der Waals surface area contributed by atoms with E-state index in [0.29, 0.717) is 6.54 Å². The normalized spacial score (nSPS) is 16.3. The highest BCUT2D eigenvalue weighted by Crippen LogP contribution is 2.39. The highest BCUT2D eigenvalue weighted by Gasteiger charge is 2.38. The van der Waals surface area contributed by atoms with Crippen LogP contribution in [-0.4, -0.2) is 10.9 Å². The molecule has 0 aliphatic carbocycles. The molecule has 0 atom stereocenters. The Labute approximate surface area is 115 Å². The molecule has 4 nitrogen and oxygen atoms in total. The number of aromatic nitrogens is 1. The maximum atomic E-state index is 11.9. The maximum absolute atomic E-state index is 11.9. The van der Waals surface area contributed by atoms with Crippen LogP contribution in [0.15, 0.2) is 23.6 Å². The van der Waals surface area contributed by atoms with Crippen LogP contribution in [0.25, 0.3) is 11.3 Å². The number of anilines is 1. The highest BCUT2D eigenvalue weighted by molar-refractivity contribution is 7.09. The van der Waals surface area contributed by atoms with Crippen molar-refractivity contribution in [3.8, 4) is 11.3 Å². The summed E-state index contributed by atoms with van der Waals surface area (Å²) >= 11 is 1.56. The smallest absolute Gasteiger partial charge is 0.234 e. The molecule has 1 aliphatic rings. The van der Waals surface area contributed by atoms with Gasteiger partial charge in [-0.05, 0) is 31.5 Å². The van der Waals surface area contributed by atoms with E-state index >= 15 is 0 Å². The Balaban J connectivity index is 2.07. The first-order chi connectivity index (χ1) is 9.02. The summed E-state index contributed by atoms with van der Waals surface area (Å²) in [7, 11) is 0. The van der Waals surface area contributed by atoms with Gasteiger partial charge in [0.1, 0.15) is 5.01 Å². The fourth-order valence-corrected chi connectivity index (χ4v) is 2.95. The Kier molecular flexibility index (Phi) is 2.69. The molecule has 2 aromatic rings. The number of hydrogen-bond acceptors (Lipinski definition) is 4. The predicted octanol–water partition coefficient (Wildman–Crippen LogP) is 2.50. The summed E-state index contributed by atoms with van der Waals surface area (Å²) < 4.78 is 0. The molecular weight excluding hydrogens is 258 g/mol. The molecule has 98 valence electrons. The minimum Gasteiger partial charge on any atom is -0.325 e. The molecule has 19 heavy (non-hydrogen) atoms. The van der Waals surface area contributed by atoms with Crippen molar-refractivity contribution in [2.24, 2.45) is 5.73 Å². The molecule has 2 heterocycles. The minimum atomic E-state index is -0.488. The Bertz CT molecular complexity index is 660. The molecule has 1 aliphatic heterocycles. The lowest BCUT2D eigenvalue weighted by Gasteiger charge is -2.15. The van der Waals surface area contributed by atoms with Gasteiger partial charge in [-0.2, -0.15) is 0 Å². The van der Waals surface area contributed by atoms with Gasteiger partial charge in [-0.1, -0.05) is 6.07 Å². The fraction of sp³-hybridized carbons (Fsp3) is 0.286. The van der Waals surface area contributed by atoms with Crippen molar-refractivity contribution in [2.75, 3.05) is 5.32 Å². The van der Waals surface area contributed by atoms with Gasteiger partial charge in [-0.25, -0.2) is 4.98 Å². The Morgan fingerprint density at radius 3 is 2.89 bits per heavy atom. The number of nitrogens with one attached hydrogen (secondary N) is 1. The number of nitrogens with zero attached hydrogens (tertiary/aromatic N) is 1. The van der Waals surface area contributed by atoms with E-state index in [2.05, 4.69) is 10.3 Å². The zero-order valence-corrected chi connectivity index (χ0v) is 11.7. The van der Waals surface area contributed by atoms with Crippen LogP contribution in [-0.2, 0) is 16.8 Å². The SMILES string of the molecule is CC1(C)C(=O)Nc2ccc(-c3csc(CN)n3)cc21. The molecule has 0 saturated heterocycles. The lowest BCUT2D eigenvalue weighted by molar-refractivity contribution is -0.119. The van der Waals surface area contributed by atoms with E-state index in [1.165, 1.54) is 0 Å². The van der Waals surface area contributed by atoms with Gasteiger partial charge < -0.3 is 11.1 Å². The summed E-state index contributed by atoms with van der Waals surface area (Å²) in [5, 5.41) is 5.83. The predicted molar refractivity (Wildman–Crippen MR) is 77.1 cm³/mol. The number of thiazole rings is 1. The zero-order valence-electron chi connectivity index (χ0n) is 10.9. The molecule has 0 saturated carbocycles. The van der Waals surface area contributed by atoms with Gasteiger partial charge in [-0.3, -0.25) is 4.79 Å². The Hall–Kier alpha value is -1.72. The second-order valence-electron chi connectivity index (χ2n) is 5.17. The summed E-state index contributed by atoms with van der Waals surface area (Å²) in [4.78, 5) is 16.4. The lowest BCUT2D eigenvalue weighted by atomic mass is 9.85. The first-order valence-corrected chi connectivity index (χ1v) is 7.01. The first kappa shape index (κ1) is 12.3. The number of hydrogen-bond donors (Lipinski definition) is 2. The van der Waals surface area contributed by atoms with E-state index in [-0.39, 0.29) is 5.91 Å². The van der Waals surface area contributed by atoms with E-state index < -0.39 is 5.41 Å². The second-order valence-corrected chi connectivity index (χ2v) is 6.11. The van der Waals surface area contributed by atoms with Crippen molar-refractivity contribution in [3.05, 3.63) is 34.2 Å². The molecule has 0 radical (unpaired) electrons. The van der Waals surface area contributed by atoms with E-state index in [4.69, 9.17) is 5.73 Å². The quantitative estimate of drug-likeness (QED) is 0.883. The van der Waals surface area contributed by atoms with Crippen LogP contribution in [0.4, 0.5) is 5.69 Å². The number of rotatable bonds is 2. The average molecular weight is 273 g/mol. The number of carbonyl (C=O) groups is 1. The number of nitrogens with two attached hydrogens (primary N) is 1. The Morgan fingerprint density at radius 1 is 1.42 bits per heavy atom. The van der Waals surface area contributed by atoms with E-state index in [1.54, 1.807) is 11.3 Å². The van der Waals surface area contributed by atoms with Gasteiger partial charge in [0.2, 0.25) is 5.91 Å². The zero-order chi connectivity index (χ0) is 13.6. The largest absolute Gasteiger partial charge is 0.325 e. The first-order valence-electron chi connectivity index (χ1n) is 6.13. The van der Waals surface area contributed by atoms with Crippen molar-refractivity contribution in [2.45, 2.75) is 25.8 Å². The molecule has 0 bridgehead atoms. The second kappa shape index (κ2) is 4.15. The van der Waals surface area contributed by atoms with Gasteiger partial charge in [0.15, 0.2) is 0 Å². The van der Waals surface area contributed by atoms with Crippen LogP contribution in [0.1, 0.15) is 24.4 Å². The lowest BCUT2D eigenvalue weighted by Crippen LogP contribution is -2.26. The van der Waals surface area contributed by atoms with E-state index in [1.807, 2.05) is 37.4 Å². The average Bonchev–Trinajstić information content (AvgIpc) is 2.94. The van der Waals surface area contributed by atoms with Crippen molar-refractivity contribution < 1.29 is 4.79 Å². The van der Waals surface area contributed by atoms with Gasteiger partial charge in [0.05, 0.1) is 11.1 Å². The van der Waals surface area contributed by atoms with Crippen LogP contribution in [0, 0.1) is 0 Å². The Morgan fingerprint density at radius 2 is 2.21 bits per heavy atom. The van der Waals surface area contributed by atoms with Crippen LogP contribution < -0.4 is 11.1 Å². The molecule has 3 rings (SSSR count). The van der Waals surface area contributed by atoms with Crippen molar-refractivity contribution >= 4 is 22.9 Å². The summed E-state index contributed by atoms with van der Waals surface area (Å²) in [6, 6.07) is 5.97. The van der Waals surface area contributed by atoms with Crippen molar-refractivity contribution in [1.29, 1.82) is 0 Å². The van der Waals surface area contributed by atoms with Gasteiger partial charge in [-0.15, -0.1) is 11.3 Å². The molecule has 3 N–H and O–H groups in total. The summed E-state index contributed by atoms with van der Waals surface area (Å²) in [6.45, 7) is 4.33. The molecule has 1 aromatic heterocycles. The monoisotopic (exact) mass is 273 g/mol. The number of carbonyl (C=O) groups excluding carboxylic acids is 1.